The van der Waals surface area contributed by atoms with Crippen molar-refractivity contribution in [2.75, 3.05) is 0 Å². The number of hydrogen-bond acceptors (Lipinski definition) is 2. The molecule has 19 heavy (non-hydrogen) atoms. The largest absolute Gasteiger partial charge is 0.299 e. The van der Waals surface area contributed by atoms with Gasteiger partial charge in [-0.3, -0.25) is 9.36 Å². The number of aromatic nitrogens is 2. The molecule has 0 saturated heterocycles. The van der Waals surface area contributed by atoms with E-state index in [4.69, 9.17) is 16.6 Å². The molecular weight excluding hydrogens is 260 g/mol. The van der Waals surface area contributed by atoms with Crippen molar-refractivity contribution in [2.45, 2.75) is 38.0 Å². The van der Waals surface area contributed by atoms with Crippen LogP contribution in [-0.4, -0.2) is 9.55 Å². The van der Waals surface area contributed by atoms with Crippen LogP contribution in [0.2, 0.25) is 5.02 Å². The molecule has 0 aliphatic heterocycles. The van der Waals surface area contributed by atoms with E-state index in [1.54, 1.807) is 16.7 Å². The predicted molar refractivity (Wildman–Crippen MR) is 77.8 cm³/mol. The third-order valence-corrected chi connectivity index (χ3v) is 4.28. The van der Waals surface area contributed by atoms with E-state index in [0.717, 1.165) is 24.2 Å². The van der Waals surface area contributed by atoms with Gasteiger partial charge in [0, 0.05) is 18.0 Å². The van der Waals surface area contributed by atoms with Crippen LogP contribution in [0.3, 0.4) is 0 Å². The van der Waals surface area contributed by atoms with Gasteiger partial charge in [-0.05, 0) is 31.0 Å². The van der Waals surface area contributed by atoms with Crippen molar-refractivity contribution in [1.82, 2.24) is 9.55 Å². The second-order valence-corrected chi connectivity index (χ2v) is 5.77. The number of fused-ring (bicyclic) bond motifs is 1. The van der Waals surface area contributed by atoms with E-state index in [1.807, 2.05) is 13.1 Å². The molecule has 1 aliphatic carbocycles. The predicted octanol–water partition coefficient (Wildman–Crippen LogP) is 3.63. The Hall–Kier alpha value is -1.35. The molecule has 0 atom stereocenters. The molecule has 3 nitrogen and oxygen atoms in total. The summed E-state index contributed by atoms with van der Waals surface area (Å²) in [7, 11) is 1.82. The lowest BCUT2D eigenvalue weighted by molar-refractivity contribution is 0.417. The summed E-state index contributed by atoms with van der Waals surface area (Å²) in [6.07, 6.45) is 6.05. The van der Waals surface area contributed by atoms with Crippen LogP contribution in [0.15, 0.2) is 23.0 Å². The van der Waals surface area contributed by atoms with E-state index >= 15 is 0 Å². The van der Waals surface area contributed by atoms with E-state index in [2.05, 4.69) is 0 Å². The van der Waals surface area contributed by atoms with Crippen LogP contribution in [0.1, 0.15) is 43.8 Å². The highest BCUT2D eigenvalue weighted by molar-refractivity contribution is 6.31. The van der Waals surface area contributed by atoms with Crippen molar-refractivity contribution in [1.29, 1.82) is 0 Å². The highest BCUT2D eigenvalue weighted by Gasteiger charge is 2.20. The van der Waals surface area contributed by atoms with E-state index in [-0.39, 0.29) is 5.56 Å². The van der Waals surface area contributed by atoms with E-state index in [0.29, 0.717) is 16.3 Å². The quantitative estimate of drug-likeness (QED) is 0.797. The standard InChI is InChI=1S/C15H17ClN2O/c1-18-14(10-5-3-2-4-6-10)17-13-8-7-11(16)9-12(13)15(18)19/h7-10H,2-6H2,1H3. The number of hydrogen-bond donors (Lipinski definition) is 0. The van der Waals surface area contributed by atoms with Gasteiger partial charge in [-0.25, -0.2) is 4.98 Å². The molecule has 0 bridgehead atoms. The molecule has 1 aromatic heterocycles. The summed E-state index contributed by atoms with van der Waals surface area (Å²) < 4.78 is 1.70. The fourth-order valence-electron chi connectivity index (χ4n) is 2.99. The molecule has 1 heterocycles. The van der Waals surface area contributed by atoms with E-state index in [1.165, 1.54) is 19.3 Å². The molecule has 0 radical (unpaired) electrons. The van der Waals surface area contributed by atoms with Gasteiger partial charge in [-0.2, -0.15) is 0 Å². The van der Waals surface area contributed by atoms with Crippen LogP contribution in [-0.2, 0) is 7.05 Å². The maximum atomic E-state index is 12.4. The molecule has 1 saturated carbocycles. The summed E-state index contributed by atoms with van der Waals surface area (Å²) in [6, 6.07) is 5.34. The SMILES string of the molecule is Cn1c(C2CCCCC2)nc2ccc(Cl)cc2c1=O. The minimum absolute atomic E-state index is 0.00748. The molecule has 1 aliphatic rings. The lowest BCUT2D eigenvalue weighted by Crippen LogP contribution is -2.25. The summed E-state index contributed by atoms with van der Waals surface area (Å²) in [5.41, 5.74) is 0.765. The summed E-state index contributed by atoms with van der Waals surface area (Å²) in [6.45, 7) is 0. The molecule has 0 spiro atoms. The zero-order valence-corrected chi connectivity index (χ0v) is 11.8. The third-order valence-electron chi connectivity index (χ3n) is 4.04. The van der Waals surface area contributed by atoms with Crippen LogP contribution < -0.4 is 5.56 Å². The third kappa shape index (κ3) is 2.27. The first-order chi connectivity index (χ1) is 9.16. The first-order valence-electron chi connectivity index (χ1n) is 6.83. The Kier molecular flexibility index (Phi) is 3.31. The van der Waals surface area contributed by atoms with Crippen molar-refractivity contribution >= 4 is 22.5 Å². The van der Waals surface area contributed by atoms with Crippen molar-refractivity contribution in [3.63, 3.8) is 0 Å². The minimum Gasteiger partial charge on any atom is -0.299 e. The molecule has 1 fully saturated rings. The van der Waals surface area contributed by atoms with Gasteiger partial charge < -0.3 is 0 Å². The molecule has 3 rings (SSSR count). The molecule has 0 N–H and O–H groups in total. The molecular formula is C15H17ClN2O. The summed E-state index contributed by atoms with van der Waals surface area (Å²) >= 11 is 5.96. The van der Waals surface area contributed by atoms with Crippen LogP contribution >= 0.6 is 11.6 Å². The second kappa shape index (κ2) is 4.97. The Morgan fingerprint density at radius 1 is 1.26 bits per heavy atom. The van der Waals surface area contributed by atoms with Gasteiger partial charge in [0.2, 0.25) is 0 Å². The van der Waals surface area contributed by atoms with Crippen LogP contribution in [0.4, 0.5) is 0 Å². The Labute approximate surface area is 117 Å². The van der Waals surface area contributed by atoms with Gasteiger partial charge in [0.05, 0.1) is 10.9 Å². The van der Waals surface area contributed by atoms with E-state index < -0.39 is 0 Å². The summed E-state index contributed by atoms with van der Waals surface area (Å²) in [4.78, 5) is 17.1. The van der Waals surface area contributed by atoms with Crippen LogP contribution in [0, 0.1) is 0 Å². The summed E-state index contributed by atoms with van der Waals surface area (Å²) in [5.74, 6) is 1.35. The van der Waals surface area contributed by atoms with Gasteiger partial charge in [0.25, 0.3) is 5.56 Å². The zero-order chi connectivity index (χ0) is 13.4. The molecule has 0 unspecified atom stereocenters. The Morgan fingerprint density at radius 3 is 2.74 bits per heavy atom. The van der Waals surface area contributed by atoms with Crippen molar-refractivity contribution in [3.05, 3.63) is 39.4 Å². The van der Waals surface area contributed by atoms with Gasteiger partial charge in [-0.1, -0.05) is 30.9 Å². The smallest absolute Gasteiger partial charge is 0.261 e. The van der Waals surface area contributed by atoms with Gasteiger partial charge >= 0.3 is 0 Å². The first kappa shape index (κ1) is 12.7. The first-order valence-corrected chi connectivity index (χ1v) is 7.21. The fourth-order valence-corrected chi connectivity index (χ4v) is 3.16. The normalized spacial score (nSPS) is 16.9. The molecule has 1 aromatic carbocycles. The Balaban J connectivity index is 2.18. The van der Waals surface area contributed by atoms with Gasteiger partial charge in [0.1, 0.15) is 5.82 Å². The highest BCUT2D eigenvalue weighted by atomic mass is 35.5. The van der Waals surface area contributed by atoms with Crippen molar-refractivity contribution < 1.29 is 0 Å². The van der Waals surface area contributed by atoms with Gasteiger partial charge in [0.15, 0.2) is 0 Å². The van der Waals surface area contributed by atoms with Crippen LogP contribution in [0.25, 0.3) is 10.9 Å². The fraction of sp³-hybridized carbons (Fsp3) is 0.467. The molecule has 2 aromatic rings. The van der Waals surface area contributed by atoms with Crippen LogP contribution in [0.5, 0.6) is 0 Å². The zero-order valence-electron chi connectivity index (χ0n) is 11.0. The number of halogens is 1. The topological polar surface area (TPSA) is 34.9 Å². The highest BCUT2D eigenvalue weighted by Crippen LogP contribution is 2.31. The Morgan fingerprint density at radius 2 is 2.00 bits per heavy atom. The number of nitrogens with zero attached hydrogens (tertiary/aromatic N) is 2. The lowest BCUT2D eigenvalue weighted by atomic mass is 9.88. The van der Waals surface area contributed by atoms with E-state index in [9.17, 15) is 4.79 Å². The maximum absolute atomic E-state index is 12.4. The van der Waals surface area contributed by atoms with Gasteiger partial charge in [-0.15, -0.1) is 0 Å². The number of rotatable bonds is 1. The maximum Gasteiger partial charge on any atom is 0.261 e. The molecule has 0 amide bonds. The number of benzene rings is 1. The average molecular weight is 277 g/mol. The van der Waals surface area contributed by atoms with Crippen molar-refractivity contribution in [3.8, 4) is 0 Å². The molecule has 4 heteroatoms. The minimum atomic E-state index is 0.00748. The summed E-state index contributed by atoms with van der Waals surface area (Å²) in [5, 5.41) is 1.19. The average Bonchev–Trinajstić information content (AvgIpc) is 2.44. The lowest BCUT2D eigenvalue weighted by Gasteiger charge is -2.23. The van der Waals surface area contributed by atoms with Crippen molar-refractivity contribution in [2.24, 2.45) is 7.05 Å². The second-order valence-electron chi connectivity index (χ2n) is 5.33. The molecule has 100 valence electrons. The monoisotopic (exact) mass is 276 g/mol. The Bertz CT molecular complexity index is 672.